The summed E-state index contributed by atoms with van der Waals surface area (Å²) < 4.78 is 16.2. The number of hydrogen-bond acceptors (Lipinski definition) is 7. The minimum absolute atomic E-state index is 0.0245. The normalized spacial score (nSPS) is 20.2. The second-order valence-corrected chi connectivity index (χ2v) is 5.77. The van der Waals surface area contributed by atoms with Crippen molar-refractivity contribution >= 4 is 11.9 Å². The van der Waals surface area contributed by atoms with Gasteiger partial charge < -0.3 is 19.1 Å². The van der Waals surface area contributed by atoms with Crippen molar-refractivity contribution in [3.63, 3.8) is 0 Å². The molecule has 20 heavy (non-hydrogen) atoms. The van der Waals surface area contributed by atoms with Crippen LogP contribution in [0.4, 0.5) is 0 Å². The van der Waals surface area contributed by atoms with Gasteiger partial charge in [-0.3, -0.25) is 4.79 Å². The molecule has 0 bridgehead atoms. The smallest absolute Gasteiger partial charge is 0.342 e. The molecule has 1 aliphatic heterocycles. The van der Waals surface area contributed by atoms with Crippen LogP contribution in [0.2, 0.25) is 0 Å². The van der Waals surface area contributed by atoms with Crippen LogP contribution in [0.15, 0.2) is 0 Å². The van der Waals surface area contributed by atoms with E-state index in [9.17, 15) is 9.59 Å². The predicted molar refractivity (Wildman–Crippen MR) is 67.6 cm³/mol. The molecular formula is C13H22O7. The Kier molecular flexibility index (Phi) is 5.91. The number of ether oxygens (including phenoxy) is 3. The molecule has 1 fully saturated rings. The average molecular weight is 290 g/mol. The number of carbonyl (C=O) groups excluding carboxylic acids is 2. The van der Waals surface area contributed by atoms with Crippen molar-refractivity contribution in [2.45, 2.75) is 45.8 Å². The van der Waals surface area contributed by atoms with Gasteiger partial charge in [-0.25, -0.2) is 4.79 Å². The zero-order valence-corrected chi connectivity index (χ0v) is 12.1. The van der Waals surface area contributed by atoms with Gasteiger partial charge in [0, 0.05) is 18.3 Å². The Morgan fingerprint density at radius 3 is 2.20 bits per heavy atom. The van der Waals surface area contributed by atoms with Crippen LogP contribution in [0.1, 0.15) is 40.0 Å². The molecule has 1 saturated heterocycles. The van der Waals surface area contributed by atoms with E-state index in [1.165, 1.54) is 0 Å². The number of hydrogen-bond donors (Lipinski definition) is 1. The standard InChI is InChI=1S/C13H22O7/c1-12(2)18-8-13(3,9-19-12)7-17-10(14)5-4-6-11(15)20-16/h16H,4-9H2,1-3H3. The molecule has 0 atom stereocenters. The summed E-state index contributed by atoms with van der Waals surface area (Å²) in [5.41, 5.74) is -0.366. The maximum atomic E-state index is 11.5. The fraction of sp³-hybridized carbons (Fsp3) is 0.846. The molecule has 1 aliphatic rings. The Morgan fingerprint density at radius 2 is 1.65 bits per heavy atom. The van der Waals surface area contributed by atoms with E-state index in [1.54, 1.807) is 0 Å². The van der Waals surface area contributed by atoms with Gasteiger partial charge in [0.1, 0.15) is 6.61 Å². The Morgan fingerprint density at radius 1 is 1.10 bits per heavy atom. The lowest BCUT2D eigenvalue weighted by molar-refractivity contribution is -0.287. The van der Waals surface area contributed by atoms with E-state index in [0.29, 0.717) is 13.2 Å². The highest BCUT2D eigenvalue weighted by atomic mass is 17.1. The van der Waals surface area contributed by atoms with E-state index in [4.69, 9.17) is 19.5 Å². The van der Waals surface area contributed by atoms with Crippen molar-refractivity contribution in [1.29, 1.82) is 0 Å². The van der Waals surface area contributed by atoms with Crippen molar-refractivity contribution in [3.8, 4) is 0 Å². The zero-order valence-electron chi connectivity index (χ0n) is 12.1. The summed E-state index contributed by atoms with van der Waals surface area (Å²) in [4.78, 5) is 25.7. The first-order valence-corrected chi connectivity index (χ1v) is 6.54. The van der Waals surface area contributed by atoms with Crippen LogP contribution < -0.4 is 0 Å². The maximum Gasteiger partial charge on any atom is 0.342 e. The van der Waals surface area contributed by atoms with Crippen LogP contribution in [0.3, 0.4) is 0 Å². The second-order valence-electron chi connectivity index (χ2n) is 5.77. The fourth-order valence-corrected chi connectivity index (χ4v) is 1.61. The minimum atomic E-state index is -0.763. The Balaban J connectivity index is 2.22. The predicted octanol–water partition coefficient (Wildman–Crippen LogP) is 1.51. The number of esters is 1. The highest BCUT2D eigenvalue weighted by Crippen LogP contribution is 2.29. The molecule has 1 N–H and O–H groups in total. The lowest BCUT2D eigenvalue weighted by Gasteiger charge is -2.40. The van der Waals surface area contributed by atoms with Gasteiger partial charge in [0.15, 0.2) is 5.79 Å². The molecule has 0 aromatic heterocycles. The first-order valence-electron chi connectivity index (χ1n) is 6.54. The monoisotopic (exact) mass is 290 g/mol. The van der Waals surface area contributed by atoms with Gasteiger partial charge in [-0.2, -0.15) is 5.26 Å². The first kappa shape index (κ1) is 16.9. The summed E-state index contributed by atoms with van der Waals surface area (Å²) in [6.07, 6.45) is 0.344. The topological polar surface area (TPSA) is 91.3 Å². The van der Waals surface area contributed by atoms with Crippen LogP contribution in [-0.4, -0.2) is 42.8 Å². The van der Waals surface area contributed by atoms with Gasteiger partial charge in [0.25, 0.3) is 0 Å². The van der Waals surface area contributed by atoms with E-state index in [2.05, 4.69) is 4.89 Å². The highest BCUT2D eigenvalue weighted by Gasteiger charge is 2.37. The maximum absolute atomic E-state index is 11.5. The van der Waals surface area contributed by atoms with Gasteiger partial charge in [-0.05, 0) is 20.3 Å². The van der Waals surface area contributed by atoms with E-state index >= 15 is 0 Å². The lowest BCUT2D eigenvalue weighted by Crippen LogP contribution is -2.47. The quantitative estimate of drug-likeness (QED) is 0.450. The van der Waals surface area contributed by atoms with E-state index in [0.717, 1.165) is 0 Å². The van der Waals surface area contributed by atoms with Gasteiger partial charge in [0.05, 0.1) is 13.2 Å². The number of carbonyl (C=O) groups is 2. The molecule has 116 valence electrons. The summed E-state index contributed by atoms with van der Waals surface area (Å²) in [5, 5.41) is 8.06. The molecule has 0 aromatic rings. The lowest BCUT2D eigenvalue weighted by atomic mass is 9.93. The summed E-state index contributed by atoms with van der Waals surface area (Å²) in [7, 11) is 0. The summed E-state index contributed by atoms with van der Waals surface area (Å²) in [5.74, 6) is -1.77. The molecule has 0 aliphatic carbocycles. The summed E-state index contributed by atoms with van der Waals surface area (Å²) >= 11 is 0. The third kappa shape index (κ3) is 5.85. The first-order chi connectivity index (χ1) is 9.26. The molecule has 7 heteroatoms. The SMILES string of the molecule is CC1(COC(=O)CCCC(=O)OO)COC(C)(C)OC1. The van der Waals surface area contributed by atoms with E-state index < -0.39 is 17.7 Å². The minimum Gasteiger partial charge on any atom is -0.465 e. The van der Waals surface area contributed by atoms with Crippen LogP contribution in [0.5, 0.6) is 0 Å². The van der Waals surface area contributed by atoms with E-state index in [1.807, 2.05) is 20.8 Å². The zero-order chi connectivity index (χ0) is 15.2. The van der Waals surface area contributed by atoms with Gasteiger partial charge in [-0.1, -0.05) is 6.92 Å². The van der Waals surface area contributed by atoms with Crippen LogP contribution in [0, 0.1) is 5.41 Å². The molecule has 0 radical (unpaired) electrons. The van der Waals surface area contributed by atoms with Crippen molar-refractivity contribution < 1.29 is 33.9 Å². The third-order valence-electron chi connectivity index (χ3n) is 2.98. The van der Waals surface area contributed by atoms with Crippen molar-refractivity contribution in [2.75, 3.05) is 19.8 Å². The Labute approximate surface area is 118 Å². The fourth-order valence-electron chi connectivity index (χ4n) is 1.61. The molecular weight excluding hydrogens is 268 g/mol. The van der Waals surface area contributed by atoms with Crippen LogP contribution >= 0.6 is 0 Å². The van der Waals surface area contributed by atoms with Crippen molar-refractivity contribution in [2.24, 2.45) is 5.41 Å². The second kappa shape index (κ2) is 7.01. The van der Waals surface area contributed by atoms with E-state index in [-0.39, 0.29) is 31.3 Å². The molecule has 0 aromatic carbocycles. The molecule has 0 amide bonds. The van der Waals surface area contributed by atoms with Crippen LogP contribution in [-0.2, 0) is 28.7 Å². The summed E-state index contributed by atoms with van der Waals surface area (Å²) in [6, 6.07) is 0. The van der Waals surface area contributed by atoms with Crippen molar-refractivity contribution in [3.05, 3.63) is 0 Å². The molecule has 0 unspecified atom stereocenters. The highest BCUT2D eigenvalue weighted by molar-refractivity contribution is 5.72. The average Bonchev–Trinajstić information content (AvgIpc) is 2.40. The molecule has 0 spiro atoms. The van der Waals surface area contributed by atoms with Crippen molar-refractivity contribution in [1.82, 2.24) is 0 Å². The third-order valence-corrected chi connectivity index (χ3v) is 2.98. The Hall–Kier alpha value is -1.18. The number of rotatable bonds is 6. The van der Waals surface area contributed by atoms with Gasteiger partial charge in [0.2, 0.25) is 0 Å². The van der Waals surface area contributed by atoms with Gasteiger partial charge >= 0.3 is 11.9 Å². The molecule has 1 rings (SSSR count). The van der Waals surface area contributed by atoms with Crippen LogP contribution in [0.25, 0.3) is 0 Å². The molecule has 7 nitrogen and oxygen atoms in total. The van der Waals surface area contributed by atoms with Gasteiger partial charge in [-0.15, -0.1) is 0 Å². The molecule has 0 saturated carbocycles. The summed E-state index contributed by atoms with van der Waals surface area (Å²) in [6.45, 7) is 6.68. The Bertz CT molecular complexity index is 341. The largest absolute Gasteiger partial charge is 0.465 e. The molecule has 1 heterocycles.